The summed E-state index contributed by atoms with van der Waals surface area (Å²) in [5.41, 5.74) is 5.47. The molecule has 4 nitrogen and oxygen atoms in total. The van der Waals surface area contributed by atoms with Crippen LogP contribution in [0.3, 0.4) is 0 Å². The summed E-state index contributed by atoms with van der Waals surface area (Å²) in [7, 11) is -3.08. The highest BCUT2D eigenvalue weighted by atomic mass is 32.2. The lowest BCUT2D eigenvalue weighted by atomic mass is 10.0. The average Bonchev–Trinajstić information content (AvgIpc) is 2.35. The molecular weight excluding hydrogens is 236 g/mol. The van der Waals surface area contributed by atoms with Crippen LogP contribution in [0.25, 0.3) is 0 Å². The standard InChI is InChI=1S/C12H26N2O2S/c1-2-10-14(11-6-9-13)17(15,16)12-7-4-3-5-8-12/h12H,2-11,13H2,1H3. The van der Waals surface area contributed by atoms with Crippen molar-refractivity contribution in [1.82, 2.24) is 4.31 Å². The van der Waals surface area contributed by atoms with Gasteiger partial charge in [0.15, 0.2) is 0 Å². The summed E-state index contributed by atoms with van der Waals surface area (Å²) >= 11 is 0. The van der Waals surface area contributed by atoms with Crippen LogP contribution in [0.5, 0.6) is 0 Å². The molecule has 0 aromatic carbocycles. The number of sulfonamides is 1. The molecule has 1 aliphatic carbocycles. The summed E-state index contributed by atoms with van der Waals surface area (Å²) < 4.78 is 26.6. The zero-order chi connectivity index (χ0) is 12.7. The van der Waals surface area contributed by atoms with Gasteiger partial charge >= 0.3 is 0 Å². The molecule has 0 bridgehead atoms. The van der Waals surface area contributed by atoms with Crippen LogP contribution in [0.1, 0.15) is 51.9 Å². The third-order valence-electron chi connectivity index (χ3n) is 3.42. The SMILES string of the molecule is CCCN(CCCN)S(=O)(=O)C1CCCCC1. The minimum Gasteiger partial charge on any atom is -0.330 e. The lowest BCUT2D eigenvalue weighted by Gasteiger charge is -2.29. The van der Waals surface area contributed by atoms with Gasteiger partial charge in [0.25, 0.3) is 0 Å². The summed E-state index contributed by atoms with van der Waals surface area (Å²) in [5, 5.41) is -0.138. The fraction of sp³-hybridized carbons (Fsp3) is 1.00. The fourth-order valence-electron chi connectivity index (χ4n) is 2.46. The number of nitrogens with two attached hydrogens (primary N) is 1. The van der Waals surface area contributed by atoms with E-state index in [1.54, 1.807) is 4.31 Å². The molecule has 0 saturated heterocycles. The molecule has 0 aliphatic heterocycles. The lowest BCUT2D eigenvalue weighted by molar-refractivity contribution is 0.383. The molecule has 1 fully saturated rings. The van der Waals surface area contributed by atoms with E-state index in [1.165, 1.54) is 6.42 Å². The van der Waals surface area contributed by atoms with Gasteiger partial charge in [0, 0.05) is 13.1 Å². The van der Waals surface area contributed by atoms with E-state index < -0.39 is 10.0 Å². The number of rotatable bonds is 7. The van der Waals surface area contributed by atoms with Crippen LogP contribution in [0.15, 0.2) is 0 Å². The summed E-state index contributed by atoms with van der Waals surface area (Å²) in [4.78, 5) is 0. The van der Waals surface area contributed by atoms with Gasteiger partial charge in [-0.05, 0) is 32.2 Å². The van der Waals surface area contributed by atoms with Gasteiger partial charge < -0.3 is 5.73 Å². The quantitative estimate of drug-likeness (QED) is 0.759. The van der Waals surface area contributed by atoms with Crippen molar-refractivity contribution in [3.05, 3.63) is 0 Å². The predicted octanol–water partition coefficient (Wildman–Crippen LogP) is 1.71. The smallest absolute Gasteiger partial charge is 0.216 e. The Hall–Kier alpha value is -0.130. The third kappa shape index (κ3) is 4.23. The van der Waals surface area contributed by atoms with E-state index in [2.05, 4.69) is 0 Å². The van der Waals surface area contributed by atoms with Crippen molar-refractivity contribution in [1.29, 1.82) is 0 Å². The maximum absolute atomic E-state index is 12.5. The van der Waals surface area contributed by atoms with Crippen molar-refractivity contribution in [3.63, 3.8) is 0 Å². The summed E-state index contributed by atoms with van der Waals surface area (Å²) in [6, 6.07) is 0. The first-order chi connectivity index (χ1) is 8.12. The van der Waals surface area contributed by atoms with Gasteiger partial charge in [-0.15, -0.1) is 0 Å². The molecule has 5 heteroatoms. The predicted molar refractivity (Wildman–Crippen MR) is 71.3 cm³/mol. The Morgan fingerprint density at radius 1 is 1.18 bits per heavy atom. The molecule has 1 saturated carbocycles. The number of hydrogen-bond acceptors (Lipinski definition) is 3. The van der Waals surface area contributed by atoms with Crippen LogP contribution in [-0.4, -0.2) is 37.6 Å². The van der Waals surface area contributed by atoms with Gasteiger partial charge in [0.2, 0.25) is 10.0 Å². The monoisotopic (exact) mass is 262 g/mol. The van der Waals surface area contributed by atoms with Crippen molar-refractivity contribution < 1.29 is 8.42 Å². The van der Waals surface area contributed by atoms with Gasteiger partial charge in [-0.3, -0.25) is 0 Å². The lowest BCUT2D eigenvalue weighted by Crippen LogP contribution is -2.41. The topological polar surface area (TPSA) is 63.4 Å². The van der Waals surface area contributed by atoms with E-state index in [1.807, 2.05) is 6.92 Å². The van der Waals surface area contributed by atoms with Gasteiger partial charge in [0.1, 0.15) is 0 Å². The Kier molecular flexibility index (Phi) is 6.44. The fourth-order valence-corrected chi connectivity index (χ4v) is 4.63. The molecule has 1 aliphatic rings. The second-order valence-corrected chi connectivity index (χ2v) is 7.06. The second-order valence-electron chi connectivity index (χ2n) is 4.85. The van der Waals surface area contributed by atoms with E-state index in [0.717, 1.165) is 38.5 Å². The van der Waals surface area contributed by atoms with Crippen LogP contribution < -0.4 is 5.73 Å². The van der Waals surface area contributed by atoms with Crippen molar-refractivity contribution in [2.75, 3.05) is 19.6 Å². The summed E-state index contributed by atoms with van der Waals surface area (Å²) in [6.45, 7) is 3.80. The number of nitrogens with zero attached hydrogens (tertiary/aromatic N) is 1. The first-order valence-corrected chi connectivity index (χ1v) is 8.32. The molecule has 0 aromatic heterocycles. The van der Waals surface area contributed by atoms with E-state index in [-0.39, 0.29) is 5.25 Å². The van der Waals surface area contributed by atoms with Gasteiger partial charge in [-0.2, -0.15) is 0 Å². The van der Waals surface area contributed by atoms with Gasteiger partial charge in [0.05, 0.1) is 5.25 Å². The van der Waals surface area contributed by atoms with Crippen LogP contribution in [0, 0.1) is 0 Å². The molecule has 0 amide bonds. The first-order valence-electron chi connectivity index (χ1n) is 6.82. The number of hydrogen-bond donors (Lipinski definition) is 1. The Morgan fingerprint density at radius 3 is 2.35 bits per heavy atom. The molecule has 17 heavy (non-hydrogen) atoms. The highest BCUT2D eigenvalue weighted by Gasteiger charge is 2.31. The van der Waals surface area contributed by atoms with Crippen molar-refractivity contribution in [3.8, 4) is 0 Å². The summed E-state index contributed by atoms with van der Waals surface area (Å²) in [6.07, 6.45) is 6.60. The van der Waals surface area contributed by atoms with E-state index in [0.29, 0.717) is 19.6 Å². The molecular formula is C12H26N2O2S. The van der Waals surface area contributed by atoms with Crippen molar-refractivity contribution in [2.45, 2.75) is 57.1 Å². The molecule has 0 unspecified atom stereocenters. The van der Waals surface area contributed by atoms with Crippen LogP contribution in [0.4, 0.5) is 0 Å². The minimum absolute atomic E-state index is 0.138. The third-order valence-corrected chi connectivity index (χ3v) is 5.82. The highest BCUT2D eigenvalue weighted by molar-refractivity contribution is 7.89. The van der Waals surface area contributed by atoms with Gasteiger partial charge in [-0.1, -0.05) is 26.2 Å². The molecule has 2 N–H and O–H groups in total. The molecule has 1 rings (SSSR count). The molecule has 102 valence electrons. The zero-order valence-corrected chi connectivity index (χ0v) is 11.7. The van der Waals surface area contributed by atoms with Crippen LogP contribution in [-0.2, 0) is 10.0 Å². The van der Waals surface area contributed by atoms with E-state index in [4.69, 9.17) is 5.73 Å². The van der Waals surface area contributed by atoms with Crippen LogP contribution in [0.2, 0.25) is 0 Å². The molecule has 0 spiro atoms. The van der Waals surface area contributed by atoms with Crippen molar-refractivity contribution in [2.24, 2.45) is 5.73 Å². The summed E-state index contributed by atoms with van der Waals surface area (Å²) in [5.74, 6) is 0. The maximum atomic E-state index is 12.5. The highest BCUT2D eigenvalue weighted by Crippen LogP contribution is 2.26. The van der Waals surface area contributed by atoms with E-state index in [9.17, 15) is 8.42 Å². The Labute approximate surface area is 106 Å². The molecule has 0 atom stereocenters. The minimum atomic E-state index is -3.08. The maximum Gasteiger partial charge on any atom is 0.216 e. The van der Waals surface area contributed by atoms with Crippen molar-refractivity contribution >= 4 is 10.0 Å². The van der Waals surface area contributed by atoms with Crippen LogP contribution >= 0.6 is 0 Å². The van der Waals surface area contributed by atoms with E-state index >= 15 is 0 Å². The van der Waals surface area contributed by atoms with Gasteiger partial charge in [-0.25, -0.2) is 12.7 Å². The average molecular weight is 262 g/mol. The first kappa shape index (κ1) is 14.9. The molecule has 0 heterocycles. The Morgan fingerprint density at radius 2 is 1.82 bits per heavy atom. The molecule has 0 aromatic rings. The molecule has 0 radical (unpaired) electrons. The Balaban J connectivity index is 2.67. The second kappa shape index (κ2) is 7.34. The zero-order valence-electron chi connectivity index (χ0n) is 10.9. The largest absolute Gasteiger partial charge is 0.330 e. The Bertz CT molecular complexity index is 298. The normalized spacial score (nSPS) is 18.8.